The van der Waals surface area contributed by atoms with E-state index in [0.29, 0.717) is 13.1 Å². The Kier molecular flexibility index (Phi) is 8.25. The van der Waals surface area contributed by atoms with Crippen LogP contribution in [0.2, 0.25) is 0 Å². The maximum Gasteiger partial charge on any atom is 0.335 e. The van der Waals surface area contributed by atoms with Crippen molar-refractivity contribution >= 4 is 12.0 Å². The van der Waals surface area contributed by atoms with Gasteiger partial charge in [0, 0.05) is 13.1 Å². The first-order valence-corrected chi connectivity index (χ1v) is 9.21. The molecule has 2 rings (SSSR count). The molecule has 1 aromatic rings. The molecule has 1 heterocycles. The van der Waals surface area contributed by atoms with E-state index >= 15 is 0 Å². The summed E-state index contributed by atoms with van der Waals surface area (Å²) in [5.41, 5.74) is 1.12. The summed E-state index contributed by atoms with van der Waals surface area (Å²) < 4.78 is 0. The van der Waals surface area contributed by atoms with Crippen molar-refractivity contribution in [2.24, 2.45) is 0 Å². The number of nitrogens with one attached hydrogen (secondary N) is 2. The van der Waals surface area contributed by atoms with Crippen molar-refractivity contribution in [2.75, 3.05) is 26.2 Å². The van der Waals surface area contributed by atoms with Gasteiger partial charge in [-0.25, -0.2) is 9.59 Å². The molecule has 2 amide bonds. The molecule has 1 aliphatic heterocycles. The summed E-state index contributed by atoms with van der Waals surface area (Å²) in [6.45, 7) is 4.74. The molecule has 0 atom stereocenters. The van der Waals surface area contributed by atoms with Crippen molar-refractivity contribution < 1.29 is 14.7 Å². The van der Waals surface area contributed by atoms with Gasteiger partial charge in [0.25, 0.3) is 0 Å². The lowest BCUT2D eigenvalue weighted by molar-refractivity contribution is 0.0697. The van der Waals surface area contributed by atoms with Crippen molar-refractivity contribution in [1.29, 1.82) is 0 Å². The highest BCUT2D eigenvalue weighted by atomic mass is 16.4. The molecule has 1 aliphatic rings. The monoisotopic (exact) mass is 347 g/mol. The molecular weight excluding hydrogens is 318 g/mol. The van der Waals surface area contributed by atoms with Crippen LogP contribution >= 0.6 is 0 Å². The number of carboxylic acid groups (broad SMARTS) is 1. The van der Waals surface area contributed by atoms with Gasteiger partial charge in [-0.2, -0.15) is 0 Å². The first-order valence-electron chi connectivity index (χ1n) is 9.21. The third-order valence-corrected chi connectivity index (χ3v) is 4.54. The third-order valence-electron chi connectivity index (χ3n) is 4.54. The number of nitrogens with zero attached hydrogens (tertiary/aromatic N) is 1. The molecule has 6 heteroatoms. The average Bonchev–Trinajstić information content (AvgIpc) is 2.64. The maximum atomic E-state index is 11.7. The molecule has 0 spiro atoms. The van der Waals surface area contributed by atoms with Gasteiger partial charge in [0.2, 0.25) is 0 Å². The fourth-order valence-electron chi connectivity index (χ4n) is 3.03. The lowest BCUT2D eigenvalue weighted by Crippen LogP contribution is -2.35. The molecule has 1 saturated heterocycles. The lowest BCUT2D eigenvalue weighted by atomic mass is 10.1. The predicted octanol–water partition coefficient (Wildman–Crippen LogP) is 2.84. The van der Waals surface area contributed by atoms with Crippen molar-refractivity contribution in [3.8, 4) is 0 Å². The number of rotatable bonds is 9. The molecule has 1 fully saturated rings. The Morgan fingerprint density at radius 2 is 1.68 bits per heavy atom. The van der Waals surface area contributed by atoms with E-state index in [1.165, 1.54) is 45.3 Å². The van der Waals surface area contributed by atoms with Gasteiger partial charge in [0.15, 0.2) is 0 Å². The quantitative estimate of drug-likeness (QED) is 0.600. The fraction of sp³-hybridized carbons (Fsp3) is 0.579. The fourth-order valence-corrected chi connectivity index (χ4v) is 3.03. The molecular formula is C19H29N3O3. The van der Waals surface area contributed by atoms with E-state index < -0.39 is 5.97 Å². The van der Waals surface area contributed by atoms with Crippen LogP contribution in [0, 0.1) is 0 Å². The van der Waals surface area contributed by atoms with Crippen LogP contribution in [-0.4, -0.2) is 48.2 Å². The van der Waals surface area contributed by atoms with E-state index in [2.05, 4.69) is 15.5 Å². The molecule has 0 unspecified atom stereocenters. The zero-order valence-corrected chi connectivity index (χ0v) is 14.8. The van der Waals surface area contributed by atoms with Crippen molar-refractivity contribution in [3.05, 3.63) is 35.4 Å². The number of piperidine rings is 1. The van der Waals surface area contributed by atoms with Crippen molar-refractivity contribution in [1.82, 2.24) is 15.5 Å². The summed E-state index contributed by atoms with van der Waals surface area (Å²) in [4.78, 5) is 25.1. The highest BCUT2D eigenvalue weighted by Crippen LogP contribution is 2.09. The van der Waals surface area contributed by atoms with Gasteiger partial charge >= 0.3 is 12.0 Å². The van der Waals surface area contributed by atoms with Crippen LogP contribution < -0.4 is 10.6 Å². The average molecular weight is 347 g/mol. The molecule has 3 N–H and O–H groups in total. The summed E-state index contributed by atoms with van der Waals surface area (Å²) in [7, 11) is 0. The minimum atomic E-state index is -0.947. The number of amides is 2. The Labute approximate surface area is 149 Å². The zero-order chi connectivity index (χ0) is 17.9. The SMILES string of the molecule is O=C(NCCCCCN1CCCCC1)NCc1ccc(C(=O)O)cc1. The van der Waals surface area contributed by atoms with Crippen LogP contribution in [0.1, 0.15) is 54.4 Å². The van der Waals surface area contributed by atoms with Crippen LogP contribution in [0.3, 0.4) is 0 Å². The highest BCUT2D eigenvalue weighted by molar-refractivity contribution is 5.87. The van der Waals surface area contributed by atoms with E-state index in [9.17, 15) is 9.59 Å². The van der Waals surface area contributed by atoms with E-state index in [4.69, 9.17) is 5.11 Å². The van der Waals surface area contributed by atoms with Crippen LogP contribution in [0.15, 0.2) is 24.3 Å². The number of carbonyl (C=O) groups excluding carboxylic acids is 1. The highest BCUT2D eigenvalue weighted by Gasteiger charge is 2.08. The summed E-state index contributed by atoms with van der Waals surface area (Å²) in [5.74, 6) is -0.947. The van der Waals surface area contributed by atoms with Gasteiger partial charge in [0.1, 0.15) is 0 Å². The molecule has 0 radical (unpaired) electrons. The van der Waals surface area contributed by atoms with Gasteiger partial charge in [-0.05, 0) is 63.0 Å². The first-order chi connectivity index (χ1) is 12.1. The zero-order valence-electron chi connectivity index (χ0n) is 14.8. The summed E-state index contributed by atoms with van der Waals surface area (Å²) in [6.07, 6.45) is 7.36. The molecule has 138 valence electrons. The molecule has 0 aliphatic carbocycles. The summed E-state index contributed by atoms with van der Waals surface area (Å²) in [6, 6.07) is 6.33. The molecule has 0 bridgehead atoms. The minimum Gasteiger partial charge on any atom is -0.478 e. The molecule has 6 nitrogen and oxygen atoms in total. The number of carboxylic acids is 1. The maximum absolute atomic E-state index is 11.7. The van der Waals surface area contributed by atoms with Crippen molar-refractivity contribution in [2.45, 2.75) is 45.1 Å². The number of benzene rings is 1. The molecule has 1 aromatic carbocycles. The molecule has 25 heavy (non-hydrogen) atoms. The third kappa shape index (κ3) is 7.56. The number of hydrogen-bond donors (Lipinski definition) is 3. The Morgan fingerprint density at radius 3 is 2.36 bits per heavy atom. The number of likely N-dealkylation sites (tertiary alicyclic amines) is 1. The van der Waals surface area contributed by atoms with E-state index in [1.807, 2.05) is 0 Å². The van der Waals surface area contributed by atoms with Gasteiger partial charge < -0.3 is 20.6 Å². The Balaban J connectivity index is 1.50. The Hall–Kier alpha value is -2.08. The normalized spacial score (nSPS) is 14.9. The lowest BCUT2D eigenvalue weighted by Gasteiger charge is -2.26. The second kappa shape index (κ2) is 10.7. The topological polar surface area (TPSA) is 81.7 Å². The van der Waals surface area contributed by atoms with E-state index in [0.717, 1.165) is 18.4 Å². The minimum absolute atomic E-state index is 0.182. The number of aromatic carboxylic acids is 1. The molecule has 0 saturated carbocycles. The van der Waals surface area contributed by atoms with Crippen LogP contribution in [0.25, 0.3) is 0 Å². The number of carbonyl (C=O) groups is 2. The number of hydrogen-bond acceptors (Lipinski definition) is 3. The van der Waals surface area contributed by atoms with Gasteiger partial charge in [-0.1, -0.05) is 25.0 Å². The van der Waals surface area contributed by atoms with Gasteiger partial charge in [0.05, 0.1) is 5.56 Å². The van der Waals surface area contributed by atoms with Gasteiger partial charge in [-0.15, -0.1) is 0 Å². The summed E-state index contributed by atoms with van der Waals surface area (Å²) >= 11 is 0. The standard InChI is InChI=1S/C19H29N3O3/c23-18(24)17-9-7-16(8-10-17)15-21-19(25)20-11-3-1-4-12-22-13-5-2-6-14-22/h7-10H,1-6,11-15H2,(H,23,24)(H2,20,21,25). The van der Waals surface area contributed by atoms with Crippen LogP contribution in [0.4, 0.5) is 4.79 Å². The Morgan fingerprint density at radius 1 is 0.960 bits per heavy atom. The van der Waals surface area contributed by atoms with Crippen LogP contribution in [0.5, 0.6) is 0 Å². The largest absolute Gasteiger partial charge is 0.478 e. The second-order valence-electron chi connectivity index (χ2n) is 6.57. The number of urea groups is 1. The smallest absolute Gasteiger partial charge is 0.335 e. The second-order valence-corrected chi connectivity index (χ2v) is 6.57. The van der Waals surface area contributed by atoms with Crippen molar-refractivity contribution in [3.63, 3.8) is 0 Å². The van der Waals surface area contributed by atoms with E-state index in [1.54, 1.807) is 24.3 Å². The molecule has 0 aromatic heterocycles. The first kappa shape index (κ1) is 19.2. The van der Waals surface area contributed by atoms with E-state index in [-0.39, 0.29) is 11.6 Å². The van der Waals surface area contributed by atoms with Gasteiger partial charge in [-0.3, -0.25) is 0 Å². The van der Waals surface area contributed by atoms with Crippen LogP contribution in [-0.2, 0) is 6.54 Å². The summed E-state index contributed by atoms with van der Waals surface area (Å²) in [5, 5.41) is 14.5. The Bertz CT molecular complexity index is 539. The number of unbranched alkanes of at least 4 members (excludes halogenated alkanes) is 2. The predicted molar refractivity (Wildman–Crippen MR) is 97.8 cm³/mol.